The van der Waals surface area contributed by atoms with Crippen molar-refractivity contribution in [1.29, 1.82) is 5.26 Å². The fraction of sp³-hybridized carbons (Fsp3) is 0.400. The van der Waals surface area contributed by atoms with Gasteiger partial charge in [0.05, 0.1) is 18.6 Å². The third-order valence-corrected chi connectivity index (χ3v) is 1.49. The summed E-state index contributed by atoms with van der Waals surface area (Å²) in [6, 6.07) is 3.86. The van der Waals surface area contributed by atoms with Crippen LogP contribution in [-0.4, -0.2) is 11.1 Å². The molecule has 0 atom stereocenters. The van der Waals surface area contributed by atoms with Gasteiger partial charge in [-0.15, -0.1) is 0 Å². The second kappa shape index (κ2) is 4.46. The standard InChI is InChI=1S/C10H12N2O/c1-8(2)13-10-4-6-12-7-9(10)3-5-11/h4,6-8H,3H2,1-2H3. The third kappa shape index (κ3) is 2.75. The molecule has 0 saturated heterocycles. The van der Waals surface area contributed by atoms with Crippen LogP contribution < -0.4 is 4.74 Å². The number of rotatable bonds is 3. The Morgan fingerprint density at radius 3 is 3.00 bits per heavy atom. The molecule has 0 saturated carbocycles. The van der Waals surface area contributed by atoms with Crippen LogP contribution in [0.3, 0.4) is 0 Å². The average molecular weight is 176 g/mol. The molecule has 0 spiro atoms. The van der Waals surface area contributed by atoms with E-state index in [1.807, 2.05) is 13.8 Å². The molecule has 3 nitrogen and oxygen atoms in total. The van der Waals surface area contributed by atoms with Crippen LogP contribution in [0.1, 0.15) is 19.4 Å². The van der Waals surface area contributed by atoms with Crippen LogP contribution in [-0.2, 0) is 6.42 Å². The molecule has 3 heteroatoms. The molecule has 0 amide bonds. The summed E-state index contributed by atoms with van der Waals surface area (Å²) < 4.78 is 5.51. The molecule has 68 valence electrons. The first-order valence-corrected chi connectivity index (χ1v) is 4.20. The number of hydrogen-bond donors (Lipinski definition) is 0. The molecule has 1 rings (SSSR count). The summed E-state index contributed by atoms with van der Waals surface area (Å²) in [6.45, 7) is 3.91. The number of hydrogen-bond acceptors (Lipinski definition) is 3. The molecule has 0 bridgehead atoms. The molecule has 0 aliphatic rings. The normalized spacial score (nSPS) is 9.69. The summed E-state index contributed by atoms with van der Waals surface area (Å²) in [4.78, 5) is 3.94. The fourth-order valence-electron chi connectivity index (χ4n) is 1.00. The van der Waals surface area contributed by atoms with Crippen LogP contribution in [0.25, 0.3) is 0 Å². The van der Waals surface area contributed by atoms with E-state index in [4.69, 9.17) is 10.00 Å². The van der Waals surface area contributed by atoms with Gasteiger partial charge in [-0.3, -0.25) is 4.98 Å². The summed E-state index contributed by atoms with van der Waals surface area (Å²) in [5.41, 5.74) is 0.846. The number of ether oxygens (including phenoxy) is 1. The van der Waals surface area contributed by atoms with Crippen molar-refractivity contribution in [3.05, 3.63) is 24.0 Å². The van der Waals surface area contributed by atoms with Gasteiger partial charge in [0.1, 0.15) is 5.75 Å². The van der Waals surface area contributed by atoms with Crippen LogP contribution in [0.4, 0.5) is 0 Å². The zero-order chi connectivity index (χ0) is 9.68. The molecule has 0 aliphatic carbocycles. The average Bonchev–Trinajstić information content (AvgIpc) is 2.08. The van der Waals surface area contributed by atoms with Gasteiger partial charge in [-0.05, 0) is 19.9 Å². The van der Waals surface area contributed by atoms with Crippen molar-refractivity contribution >= 4 is 0 Å². The Hall–Kier alpha value is -1.56. The molecule has 1 aromatic rings. The van der Waals surface area contributed by atoms with Gasteiger partial charge in [-0.1, -0.05) is 0 Å². The molecule has 1 heterocycles. The summed E-state index contributed by atoms with van der Waals surface area (Å²) in [6.07, 6.45) is 3.80. The van der Waals surface area contributed by atoms with Gasteiger partial charge in [0.15, 0.2) is 0 Å². The Labute approximate surface area is 78.0 Å². The minimum atomic E-state index is 0.125. The van der Waals surface area contributed by atoms with E-state index in [2.05, 4.69) is 11.1 Å². The lowest BCUT2D eigenvalue weighted by atomic mass is 10.2. The molecule has 0 N–H and O–H groups in total. The topological polar surface area (TPSA) is 45.9 Å². The van der Waals surface area contributed by atoms with Crippen molar-refractivity contribution in [3.8, 4) is 11.8 Å². The quantitative estimate of drug-likeness (QED) is 0.707. The van der Waals surface area contributed by atoms with Gasteiger partial charge >= 0.3 is 0 Å². The highest BCUT2D eigenvalue weighted by atomic mass is 16.5. The lowest BCUT2D eigenvalue weighted by Gasteiger charge is -2.11. The van der Waals surface area contributed by atoms with Crippen molar-refractivity contribution in [2.75, 3.05) is 0 Å². The van der Waals surface area contributed by atoms with Crippen LogP contribution in [0, 0.1) is 11.3 Å². The van der Waals surface area contributed by atoms with E-state index >= 15 is 0 Å². The fourth-order valence-corrected chi connectivity index (χ4v) is 1.00. The Morgan fingerprint density at radius 2 is 2.38 bits per heavy atom. The maximum absolute atomic E-state index is 8.54. The predicted molar refractivity (Wildman–Crippen MR) is 49.3 cm³/mol. The molecular formula is C10H12N2O. The van der Waals surface area contributed by atoms with Crippen molar-refractivity contribution in [2.24, 2.45) is 0 Å². The van der Waals surface area contributed by atoms with Crippen LogP contribution in [0.5, 0.6) is 5.75 Å². The summed E-state index contributed by atoms with van der Waals surface area (Å²) in [5.74, 6) is 0.756. The van der Waals surface area contributed by atoms with Gasteiger partial charge in [-0.25, -0.2) is 0 Å². The van der Waals surface area contributed by atoms with Crippen LogP contribution in [0.15, 0.2) is 18.5 Å². The monoisotopic (exact) mass is 176 g/mol. The van der Waals surface area contributed by atoms with Crippen molar-refractivity contribution in [3.63, 3.8) is 0 Å². The minimum absolute atomic E-state index is 0.125. The molecular weight excluding hydrogens is 164 g/mol. The zero-order valence-corrected chi connectivity index (χ0v) is 7.82. The molecule has 1 aromatic heterocycles. The van der Waals surface area contributed by atoms with E-state index in [1.54, 1.807) is 18.5 Å². The number of pyridine rings is 1. The van der Waals surface area contributed by atoms with E-state index in [0.29, 0.717) is 6.42 Å². The van der Waals surface area contributed by atoms with Gasteiger partial charge in [0.2, 0.25) is 0 Å². The Bertz CT molecular complexity index is 315. The molecule has 0 fully saturated rings. The molecule has 0 radical (unpaired) electrons. The maximum Gasteiger partial charge on any atom is 0.126 e. The van der Waals surface area contributed by atoms with Crippen LogP contribution in [0.2, 0.25) is 0 Å². The van der Waals surface area contributed by atoms with Gasteiger partial charge in [0, 0.05) is 18.0 Å². The molecule has 0 aromatic carbocycles. The summed E-state index contributed by atoms with van der Waals surface area (Å²) in [5, 5.41) is 8.54. The maximum atomic E-state index is 8.54. The minimum Gasteiger partial charge on any atom is -0.491 e. The second-order valence-corrected chi connectivity index (χ2v) is 2.98. The van der Waals surface area contributed by atoms with Gasteiger partial charge in [0.25, 0.3) is 0 Å². The first-order valence-electron chi connectivity index (χ1n) is 4.20. The van der Waals surface area contributed by atoms with Crippen molar-refractivity contribution < 1.29 is 4.74 Å². The Balaban J connectivity index is 2.85. The van der Waals surface area contributed by atoms with Gasteiger partial charge in [-0.2, -0.15) is 5.26 Å². The number of nitrogens with zero attached hydrogens (tertiary/aromatic N) is 2. The first kappa shape index (κ1) is 9.53. The smallest absolute Gasteiger partial charge is 0.126 e. The predicted octanol–water partition coefficient (Wildman–Crippen LogP) is 1.93. The largest absolute Gasteiger partial charge is 0.491 e. The first-order chi connectivity index (χ1) is 6.24. The molecule has 0 unspecified atom stereocenters. The van der Waals surface area contributed by atoms with Crippen LogP contribution >= 0.6 is 0 Å². The summed E-state index contributed by atoms with van der Waals surface area (Å²) in [7, 11) is 0. The van der Waals surface area contributed by atoms with E-state index < -0.39 is 0 Å². The summed E-state index contributed by atoms with van der Waals surface area (Å²) >= 11 is 0. The SMILES string of the molecule is CC(C)Oc1ccncc1CC#N. The Kier molecular flexibility index (Phi) is 3.27. The van der Waals surface area contributed by atoms with Gasteiger partial charge < -0.3 is 4.74 Å². The molecule has 0 aliphatic heterocycles. The van der Waals surface area contributed by atoms with E-state index in [0.717, 1.165) is 11.3 Å². The second-order valence-electron chi connectivity index (χ2n) is 2.98. The number of nitriles is 1. The highest BCUT2D eigenvalue weighted by Crippen LogP contribution is 2.17. The van der Waals surface area contributed by atoms with E-state index in [1.165, 1.54) is 0 Å². The zero-order valence-electron chi connectivity index (χ0n) is 7.82. The van der Waals surface area contributed by atoms with E-state index in [-0.39, 0.29) is 6.10 Å². The third-order valence-electron chi connectivity index (χ3n) is 1.49. The van der Waals surface area contributed by atoms with Crippen molar-refractivity contribution in [2.45, 2.75) is 26.4 Å². The lowest BCUT2D eigenvalue weighted by Crippen LogP contribution is -2.07. The van der Waals surface area contributed by atoms with Crippen molar-refractivity contribution in [1.82, 2.24) is 4.98 Å². The highest BCUT2D eigenvalue weighted by molar-refractivity contribution is 5.32. The number of aromatic nitrogens is 1. The lowest BCUT2D eigenvalue weighted by molar-refractivity contribution is 0.240. The molecule has 13 heavy (non-hydrogen) atoms. The van der Waals surface area contributed by atoms with E-state index in [9.17, 15) is 0 Å². The Morgan fingerprint density at radius 1 is 1.62 bits per heavy atom. The highest BCUT2D eigenvalue weighted by Gasteiger charge is 2.04.